The average molecular weight is 392 g/mol. The molecule has 6 rings (SSSR count). The second-order valence-electron chi connectivity index (χ2n) is 8.85. The van der Waals surface area contributed by atoms with Gasteiger partial charge < -0.3 is 24.2 Å². The Kier molecular flexibility index (Phi) is 4.12. The van der Waals surface area contributed by atoms with E-state index >= 15 is 0 Å². The number of para-hydroxylation sites is 2. The summed E-state index contributed by atoms with van der Waals surface area (Å²) in [5, 5.41) is 0. The van der Waals surface area contributed by atoms with Gasteiger partial charge in [0.15, 0.2) is 11.5 Å². The number of likely N-dealkylation sites (N-methyl/N-ethyl adjacent to an activating group) is 1. The highest BCUT2D eigenvalue weighted by Crippen LogP contribution is 2.50. The molecule has 0 radical (unpaired) electrons. The van der Waals surface area contributed by atoms with Crippen LogP contribution in [0.1, 0.15) is 29.9 Å². The van der Waals surface area contributed by atoms with Gasteiger partial charge in [-0.3, -0.25) is 0 Å². The number of ether oxygens (including phenoxy) is 2. The van der Waals surface area contributed by atoms with Crippen LogP contribution in [-0.4, -0.2) is 57.5 Å². The predicted octanol–water partition coefficient (Wildman–Crippen LogP) is 3.48. The van der Waals surface area contributed by atoms with Crippen LogP contribution in [0.3, 0.4) is 0 Å². The third-order valence-electron chi connectivity index (χ3n) is 7.28. The number of aryl methyl sites for hydroxylation is 1. The molecule has 1 fully saturated rings. The first-order chi connectivity index (χ1) is 14.3. The lowest BCUT2D eigenvalue weighted by molar-refractivity contribution is 0.172. The molecule has 2 atom stereocenters. The molecule has 0 amide bonds. The molecule has 1 saturated heterocycles. The molecular formula is C24H29N3O2. The van der Waals surface area contributed by atoms with Crippen LogP contribution >= 0.6 is 0 Å². The minimum Gasteiger partial charge on any atom is -0.454 e. The number of benzene rings is 2. The Morgan fingerprint density at radius 3 is 2.93 bits per heavy atom. The topological polar surface area (TPSA) is 28.2 Å². The maximum absolute atomic E-state index is 5.67. The standard InChI is InChI=1S/C24H29N3O2/c1-25-13-14-27-20-10-12-26(15-19(20)18-7-3-8-21(25)23(18)27)11-4-6-17-5-2-9-22-24(17)29-16-28-22/h2-3,5,7-9,19-20H,4,6,10-16H2,1H3/t19-,20-/m0/s1. The molecule has 2 aromatic rings. The van der Waals surface area contributed by atoms with Gasteiger partial charge in [-0.25, -0.2) is 0 Å². The van der Waals surface area contributed by atoms with Crippen molar-refractivity contribution in [1.82, 2.24) is 4.90 Å². The molecule has 0 unspecified atom stereocenters. The van der Waals surface area contributed by atoms with Crippen LogP contribution in [0.4, 0.5) is 11.4 Å². The van der Waals surface area contributed by atoms with Gasteiger partial charge in [0.2, 0.25) is 6.79 Å². The first-order valence-electron chi connectivity index (χ1n) is 11.0. The lowest BCUT2D eigenvalue weighted by atomic mass is 9.89. The van der Waals surface area contributed by atoms with Gasteiger partial charge in [-0.2, -0.15) is 0 Å². The number of hydrogen-bond acceptors (Lipinski definition) is 5. The van der Waals surface area contributed by atoms with E-state index in [2.05, 4.69) is 52.1 Å². The van der Waals surface area contributed by atoms with Gasteiger partial charge in [0.05, 0.1) is 11.4 Å². The Labute approximate surface area is 172 Å². The summed E-state index contributed by atoms with van der Waals surface area (Å²) in [6, 6.07) is 13.9. The molecule has 152 valence electrons. The molecule has 29 heavy (non-hydrogen) atoms. The summed E-state index contributed by atoms with van der Waals surface area (Å²) in [5.74, 6) is 2.52. The zero-order valence-electron chi connectivity index (χ0n) is 17.1. The number of rotatable bonds is 4. The highest BCUT2D eigenvalue weighted by molar-refractivity contribution is 5.80. The normalized spacial score (nSPS) is 24.6. The van der Waals surface area contributed by atoms with E-state index in [4.69, 9.17) is 9.47 Å². The third kappa shape index (κ3) is 2.78. The van der Waals surface area contributed by atoms with Crippen LogP contribution in [-0.2, 0) is 6.42 Å². The van der Waals surface area contributed by atoms with Crippen molar-refractivity contribution in [2.24, 2.45) is 0 Å². The molecule has 4 aliphatic rings. The van der Waals surface area contributed by atoms with Crippen LogP contribution in [0.15, 0.2) is 36.4 Å². The number of likely N-dealkylation sites (tertiary alicyclic amines) is 1. The summed E-state index contributed by atoms with van der Waals surface area (Å²) in [5.41, 5.74) is 5.81. The van der Waals surface area contributed by atoms with Crippen molar-refractivity contribution in [2.75, 3.05) is 56.4 Å². The quantitative estimate of drug-likeness (QED) is 0.796. The summed E-state index contributed by atoms with van der Waals surface area (Å²) in [6.07, 6.45) is 3.49. The lowest BCUT2D eigenvalue weighted by Gasteiger charge is -2.41. The molecule has 5 nitrogen and oxygen atoms in total. The first-order valence-corrected chi connectivity index (χ1v) is 11.0. The molecule has 0 bridgehead atoms. The average Bonchev–Trinajstić information content (AvgIpc) is 3.35. The van der Waals surface area contributed by atoms with E-state index in [0.29, 0.717) is 18.8 Å². The first kappa shape index (κ1) is 17.5. The minimum atomic E-state index is 0.356. The van der Waals surface area contributed by atoms with Gasteiger partial charge in [-0.05, 0) is 49.1 Å². The van der Waals surface area contributed by atoms with E-state index in [-0.39, 0.29) is 0 Å². The number of piperidine rings is 1. The molecule has 4 heterocycles. The van der Waals surface area contributed by atoms with Gasteiger partial charge in [-0.1, -0.05) is 24.3 Å². The Morgan fingerprint density at radius 1 is 1.03 bits per heavy atom. The van der Waals surface area contributed by atoms with Crippen molar-refractivity contribution in [2.45, 2.75) is 31.2 Å². The third-order valence-corrected chi connectivity index (χ3v) is 7.28. The Hall–Kier alpha value is -2.40. The van der Waals surface area contributed by atoms with Crippen LogP contribution in [0.5, 0.6) is 11.5 Å². The van der Waals surface area contributed by atoms with Crippen LogP contribution in [0.25, 0.3) is 0 Å². The van der Waals surface area contributed by atoms with Gasteiger partial charge >= 0.3 is 0 Å². The summed E-state index contributed by atoms with van der Waals surface area (Å²) in [7, 11) is 2.23. The van der Waals surface area contributed by atoms with E-state index in [0.717, 1.165) is 37.4 Å². The van der Waals surface area contributed by atoms with Crippen molar-refractivity contribution >= 4 is 11.4 Å². The van der Waals surface area contributed by atoms with Crippen molar-refractivity contribution in [3.05, 3.63) is 47.5 Å². The maximum Gasteiger partial charge on any atom is 0.231 e. The molecule has 0 N–H and O–H groups in total. The fraction of sp³-hybridized carbons (Fsp3) is 0.500. The number of nitrogens with zero attached hydrogens (tertiary/aromatic N) is 3. The van der Waals surface area contributed by atoms with Crippen molar-refractivity contribution in [3.8, 4) is 11.5 Å². The van der Waals surface area contributed by atoms with Crippen LogP contribution < -0.4 is 19.3 Å². The zero-order chi connectivity index (χ0) is 19.4. The number of fused-ring (bicyclic) bond motifs is 4. The highest BCUT2D eigenvalue weighted by Gasteiger charge is 2.44. The lowest BCUT2D eigenvalue weighted by Crippen LogP contribution is -2.49. The Balaban J connectivity index is 1.14. The van der Waals surface area contributed by atoms with E-state index in [1.54, 1.807) is 5.56 Å². The largest absolute Gasteiger partial charge is 0.454 e. The van der Waals surface area contributed by atoms with E-state index in [1.807, 2.05) is 6.07 Å². The summed E-state index contributed by atoms with van der Waals surface area (Å²) in [4.78, 5) is 7.83. The molecule has 0 aliphatic carbocycles. The molecular weight excluding hydrogens is 362 g/mol. The molecule has 0 aromatic heterocycles. The molecule has 0 spiro atoms. The fourth-order valence-corrected chi connectivity index (χ4v) is 5.86. The van der Waals surface area contributed by atoms with E-state index in [1.165, 1.54) is 43.0 Å². The monoisotopic (exact) mass is 391 g/mol. The Bertz CT molecular complexity index is 930. The van der Waals surface area contributed by atoms with Crippen LogP contribution in [0, 0.1) is 0 Å². The van der Waals surface area contributed by atoms with Gasteiger partial charge in [-0.15, -0.1) is 0 Å². The van der Waals surface area contributed by atoms with Gasteiger partial charge in [0, 0.05) is 45.2 Å². The van der Waals surface area contributed by atoms with Crippen molar-refractivity contribution in [3.63, 3.8) is 0 Å². The summed E-state index contributed by atoms with van der Waals surface area (Å²) in [6.45, 7) is 6.22. The SMILES string of the molecule is CN1CCN2c3c(cccc31)[C@@H]1CN(CCCc3cccc4c3OCO4)CC[C@@H]12. The highest BCUT2D eigenvalue weighted by atomic mass is 16.7. The predicted molar refractivity (Wildman–Crippen MR) is 116 cm³/mol. The maximum atomic E-state index is 5.67. The van der Waals surface area contributed by atoms with Gasteiger partial charge in [0.1, 0.15) is 0 Å². The van der Waals surface area contributed by atoms with Crippen molar-refractivity contribution < 1.29 is 9.47 Å². The molecule has 0 saturated carbocycles. The number of anilines is 2. The smallest absolute Gasteiger partial charge is 0.231 e. The summed E-state index contributed by atoms with van der Waals surface area (Å²) < 4.78 is 11.2. The second-order valence-corrected chi connectivity index (χ2v) is 8.85. The minimum absolute atomic E-state index is 0.356. The van der Waals surface area contributed by atoms with Crippen molar-refractivity contribution in [1.29, 1.82) is 0 Å². The number of hydrogen-bond donors (Lipinski definition) is 0. The second kappa shape index (κ2) is 6.84. The fourth-order valence-electron chi connectivity index (χ4n) is 5.86. The van der Waals surface area contributed by atoms with E-state index in [9.17, 15) is 0 Å². The molecule has 2 aromatic carbocycles. The van der Waals surface area contributed by atoms with Crippen LogP contribution in [0.2, 0.25) is 0 Å². The summed E-state index contributed by atoms with van der Waals surface area (Å²) >= 11 is 0. The Morgan fingerprint density at radius 2 is 1.97 bits per heavy atom. The zero-order valence-corrected chi connectivity index (χ0v) is 17.1. The van der Waals surface area contributed by atoms with E-state index < -0.39 is 0 Å². The molecule has 4 aliphatic heterocycles. The van der Waals surface area contributed by atoms with Gasteiger partial charge in [0.25, 0.3) is 0 Å². The molecule has 5 heteroatoms.